The van der Waals surface area contributed by atoms with Crippen LogP contribution in [0.1, 0.15) is 26.3 Å². The number of nitro groups is 1. The van der Waals surface area contributed by atoms with E-state index in [4.69, 9.17) is 16.3 Å². The summed E-state index contributed by atoms with van der Waals surface area (Å²) in [6.07, 6.45) is 1.34. The van der Waals surface area contributed by atoms with Gasteiger partial charge in [0.05, 0.1) is 16.3 Å². The van der Waals surface area contributed by atoms with Crippen LogP contribution in [0.25, 0.3) is 5.69 Å². The molecular weight excluding hydrogens is 518 g/mol. The van der Waals surface area contributed by atoms with Crippen LogP contribution in [0.15, 0.2) is 48.8 Å². The first kappa shape index (κ1) is 26.7. The van der Waals surface area contributed by atoms with Crippen LogP contribution in [0.2, 0.25) is 5.02 Å². The minimum absolute atomic E-state index is 0.00102. The zero-order valence-corrected chi connectivity index (χ0v) is 21.5. The molecule has 0 spiro atoms. The van der Waals surface area contributed by atoms with Crippen LogP contribution in [0.5, 0.6) is 0 Å². The molecule has 0 radical (unpaired) electrons. The van der Waals surface area contributed by atoms with Crippen LogP contribution < -0.4 is 4.90 Å². The average molecular weight is 542 g/mol. The number of nitro benzene ring substituents is 1. The second kappa shape index (κ2) is 10.5. The lowest BCUT2D eigenvalue weighted by Gasteiger charge is -2.38. The van der Waals surface area contributed by atoms with Gasteiger partial charge in [-0.1, -0.05) is 23.7 Å². The summed E-state index contributed by atoms with van der Waals surface area (Å²) < 4.78 is 6.90. The first-order chi connectivity index (χ1) is 17.9. The van der Waals surface area contributed by atoms with Crippen molar-refractivity contribution in [1.82, 2.24) is 25.1 Å². The van der Waals surface area contributed by atoms with E-state index >= 15 is 0 Å². The number of rotatable bonds is 7. The number of benzene rings is 2. The van der Waals surface area contributed by atoms with Gasteiger partial charge in [0, 0.05) is 36.7 Å². The van der Waals surface area contributed by atoms with Gasteiger partial charge in [0.1, 0.15) is 18.0 Å². The minimum Gasteiger partial charge on any atom is -0.458 e. The summed E-state index contributed by atoms with van der Waals surface area (Å²) in [5, 5.41) is 22.4. The third-order valence-electron chi connectivity index (χ3n) is 5.71. The van der Waals surface area contributed by atoms with E-state index < -0.39 is 34.3 Å². The minimum atomic E-state index is -1.13. The van der Waals surface area contributed by atoms with Crippen LogP contribution in [-0.4, -0.2) is 72.5 Å². The van der Waals surface area contributed by atoms with E-state index in [0.29, 0.717) is 22.0 Å². The van der Waals surface area contributed by atoms with Crippen molar-refractivity contribution < 1.29 is 24.0 Å². The Bertz CT molecular complexity index is 1370. The molecule has 1 aliphatic rings. The zero-order chi connectivity index (χ0) is 27.6. The molecule has 1 fully saturated rings. The lowest BCUT2D eigenvalue weighted by molar-refractivity contribution is -0.384. The largest absolute Gasteiger partial charge is 0.458 e. The molecule has 1 unspecified atom stereocenters. The molecule has 14 heteroatoms. The van der Waals surface area contributed by atoms with Gasteiger partial charge in [0.2, 0.25) is 0 Å². The molecule has 3 aromatic rings. The van der Waals surface area contributed by atoms with E-state index in [1.165, 1.54) is 51.1 Å². The maximum atomic E-state index is 13.4. The SMILES string of the molecule is CC(C)(C)OC(=O)C(Cc1ccc([N+](=O)[O-])cc1)N1CCN(c2cc(Cl)ccc2-n2cnnn2)C(=O)C1=O. The van der Waals surface area contributed by atoms with Crippen LogP contribution in [0.3, 0.4) is 0 Å². The first-order valence-electron chi connectivity index (χ1n) is 11.6. The normalized spacial score (nSPS) is 14.9. The Morgan fingerprint density at radius 1 is 1.11 bits per heavy atom. The summed E-state index contributed by atoms with van der Waals surface area (Å²) in [7, 11) is 0. The summed E-state index contributed by atoms with van der Waals surface area (Å²) >= 11 is 6.19. The number of anilines is 1. The topological polar surface area (TPSA) is 154 Å². The van der Waals surface area contributed by atoms with Gasteiger partial charge in [0.15, 0.2) is 0 Å². The molecule has 1 aromatic heterocycles. The molecule has 13 nitrogen and oxygen atoms in total. The van der Waals surface area contributed by atoms with E-state index in [1.807, 2.05) is 0 Å². The molecule has 1 aliphatic heterocycles. The van der Waals surface area contributed by atoms with Crippen LogP contribution >= 0.6 is 11.6 Å². The van der Waals surface area contributed by atoms with E-state index in [9.17, 15) is 24.5 Å². The second-order valence-electron chi connectivity index (χ2n) is 9.52. The molecular formula is C24H24ClN7O6. The van der Waals surface area contributed by atoms with Gasteiger partial charge in [-0.3, -0.25) is 19.7 Å². The number of halogens is 1. The molecule has 2 heterocycles. The maximum absolute atomic E-state index is 13.4. The molecule has 198 valence electrons. The van der Waals surface area contributed by atoms with E-state index in [2.05, 4.69) is 15.5 Å². The lowest BCUT2D eigenvalue weighted by atomic mass is 10.0. The Balaban J connectivity index is 1.63. The first-order valence-corrected chi connectivity index (χ1v) is 11.9. The highest BCUT2D eigenvalue weighted by Gasteiger charge is 2.42. The number of amides is 2. The van der Waals surface area contributed by atoms with Crippen molar-refractivity contribution in [2.75, 3.05) is 18.0 Å². The summed E-state index contributed by atoms with van der Waals surface area (Å²) in [4.78, 5) is 52.9. The summed E-state index contributed by atoms with van der Waals surface area (Å²) in [6, 6.07) is 9.25. The summed E-state index contributed by atoms with van der Waals surface area (Å²) in [6.45, 7) is 5.15. The molecule has 38 heavy (non-hydrogen) atoms. The zero-order valence-electron chi connectivity index (χ0n) is 20.8. The smallest absolute Gasteiger partial charge is 0.329 e. The van der Waals surface area contributed by atoms with Gasteiger partial charge >= 0.3 is 17.8 Å². The van der Waals surface area contributed by atoms with E-state index in [1.54, 1.807) is 32.9 Å². The van der Waals surface area contributed by atoms with Gasteiger partial charge in [-0.25, -0.2) is 4.79 Å². The Hall–Kier alpha value is -4.39. The Labute approximate surface area is 222 Å². The van der Waals surface area contributed by atoms with E-state index in [0.717, 1.165) is 0 Å². The Kier molecular flexibility index (Phi) is 7.39. The predicted molar refractivity (Wildman–Crippen MR) is 135 cm³/mol. The van der Waals surface area contributed by atoms with Gasteiger partial charge in [0.25, 0.3) is 5.69 Å². The number of aromatic nitrogens is 4. The number of piperazine rings is 1. The summed E-state index contributed by atoms with van der Waals surface area (Å²) in [5.74, 6) is -2.47. The Morgan fingerprint density at radius 2 is 1.82 bits per heavy atom. The van der Waals surface area contributed by atoms with Gasteiger partial charge in [-0.2, -0.15) is 4.68 Å². The van der Waals surface area contributed by atoms with Crippen molar-refractivity contribution in [2.45, 2.75) is 38.8 Å². The lowest BCUT2D eigenvalue weighted by Crippen LogP contribution is -2.60. The number of non-ortho nitro benzene ring substituents is 1. The fraction of sp³-hybridized carbons (Fsp3) is 0.333. The number of esters is 1. The highest BCUT2D eigenvalue weighted by atomic mass is 35.5. The molecule has 0 bridgehead atoms. The number of nitrogens with zero attached hydrogens (tertiary/aromatic N) is 7. The Morgan fingerprint density at radius 3 is 2.42 bits per heavy atom. The molecule has 1 saturated heterocycles. The molecule has 1 atom stereocenters. The second-order valence-corrected chi connectivity index (χ2v) is 9.96. The van der Waals surface area contributed by atoms with E-state index in [-0.39, 0.29) is 25.2 Å². The fourth-order valence-corrected chi connectivity index (χ4v) is 4.19. The third kappa shape index (κ3) is 5.78. The van der Waals surface area contributed by atoms with Crippen LogP contribution in [0.4, 0.5) is 11.4 Å². The number of tetrazole rings is 1. The maximum Gasteiger partial charge on any atom is 0.329 e. The predicted octanol–water partition coefficient (Wildman–Crippen LogP) is 2.35. The highest BCUT2D eigenvalue weighted by Crippen LogP contribution is 2.30. The van der Waals surface area contributed by atoms with Crippen LogP contribution in [0, 0.1) is 10.1 Å². The molecule has 0 N–H and O–H groups in total. The fourth-order valence-electron chi connectivity index (χ4n) is 4.02. The standard InChI is InChI=1S/C24H24ClN7O6/c1-24(2,3)38-23(35)20(12-15-4-7-17(8-5-15)32(36)37)30-11-10-29(21(33)22(30)34)19-13-16(25)6-9-18(19)31-14-26-27-28-31/h4-9,13-14,20H,10-12H2,1-3H3. The van der Waals surface area contributed by atoms with Crippen molar-refractivity contribution in [1.29, 1.82) is 0 Å². The molecule has 2 amide bonds. The number of ether oxygens (including phenoxy) is 1. The van der Waals surface area contributed by atoms with Crippen molar-refractivity contribution >= 4 is 40.8 Å². The molecule has 0 saturated carbocycles. The van der Waals surface area contributed by atoms with Crippen molar-refractivity contribution in [3.63, 3.8) is 0 Å². The van der Waals surface area contributed by atoms with Crippen molar-refractivity contribution in [3.05, 3.63) is 69.5 Å². The number of carbonyl (C=O) groups excluding carboxylic acids is 3. The third-order valence-corrected chi connectivity index (χ3v) is 5.94. The number of hydrogen-bond donors (Lipinski definition) is 0. The summed E-state index contributed by atoms with van der Waals surface area (Å²) in [5.41, 5.74) is 0.365. The quantitative estimate of drug-likeness (QED) is 0.190. The highest BCUT2D eigenvalue weighted by molar-refractivity contribution is 6.41. The molecule has 0 aliphatic carbocycles. The monoisotopic (exact) mass is 541 g/mol. The molecule has 2 aromatic carbocycles. The van der Waals surface area contributed by atoms with Gasteiger partial charge in [-0.05, 0) is 55.0 Å². The number of hydrogen-bond acceptors (Lipinski definition) is 9. The van der Waals surface area contributed by atoms with Gasteiger partial charge in [-0.15, -0.1) is 5.10 Å². The average Bonchev–Trinajstić information content (AvgIpc) is 3.38. The number of carbonyl (C=O) groups is 3. The van der Waals surface area contributed by atoms with Crippen LogP contribution in [-0.2, 0) is 25.5 Å². The van der Waals surface area contributed by atoms with Crippen molar-refractivity contribution in [3.8, 4) is 5.69 Å². The van der Waals surface area contributed by atoms with Gasteiger partial charge < -0.3 is 14.5 Å². The van der Waals surface area contributed by atoms with Crippen molar-refractivity contribution in [2.24, 2.45) is 0 Å². The molecule has 4 rings (SSSR count).